The maximum atomic E-state index is 9.02. The van der Waals surface area contributed by atoms with E-state index in [1.165, 1.54) is 10.6 Å². The number of anilines is 1. The number of benzene rings is 2. The number of rotatable bonds is 7. The SMILES string of the molecule is Cc1c(-c2nc3c(s2)CNCC3)cccc1-c1cccc(NC2=NC=CC3C=C(CNCCO)C=NC23)c1Cl. The summed E-state index contributed by atoms with van der Waals surface area (Å²) in [6.45, 7) is 5.38. The number of halogens is 1. The van der Waals surface area contributed by atoms with Crippen LogP contribution in [0.1, 0.15) is 16.1 Å². The topological polar surface area (TPSA) is 93.9 Å². The summed E-state index contributed by atoms with van der Waals surface area (Å²) in [5, 5.41) is 20.9. The molecule has 3 aliphatic rings. The van der Waals surface area contributed by atoms with Gasteiger partial charge in [0.1, 0.15) is 16.9 Å². The smallest absolute Gasteiger partial charge is 0.132 e. The van der Waals surface area contributed by atoms with Crippen LogP contribution < -0.4 is 16.0 Å². The fourth-order valence-corrected chi connectivity index (χ4v) is 6.70. The van der Waals surface area contributed by atoms with Crippen LogP contribution in [0.4, 0.5) is 5.69 Å². The number of fused-ring (bicyclic) bond motifs is 2. The zero-order chi connectivity index (χ0) is 26.8. The Morgan fingerprint density at radius 3 is 2.87 bits per heavy atom. The van der Waals surface area contributed by atoms with Gasteiger partial charge in [0, 0.05) is 66.9 Å². The molecule has 0 amide bonds. The number of thiazole rings is 1. The van der Waals surface area contributed by atoms with Crippen LogP contribution >= 0.6 is 22.9 Å². The quantitative estimate of drug-likeness (QED) is 0.306. The van der Waals surface area contributed by atoms with Crippen LogP contribution in [0.3, 0.4) is 0 Å². The highest BCUT2D eigenvalue weighted by Gasteiger charge is 2.28. The molecule has 2 aromatic carbocycles. The summed E-state index contributed by atoms with van der Waals surface area (Å²) in [7, 11) is 0. The second-order valence-electron chi connectivity index (χ2n) is 9.88. The van der Waals surface area contributed by atoms with Gasteiger partial charge < -0.3 is 21.1 Å². The third kappa shape index (κ3) is 5.35. The van der Waals surface area contributed by atoms with E-state index in [9.17, 15) is 0 Å². The summed E-state index contributed by atoms with van der Waals surface area (Å²) in [4.78, 5) is 15.7. The zero-order valence-electron chi connectivity index (χ0n) is 21.7. The Morgan fingerprint density at radius 1 is 1.15 bits per heavy atom. The number of aliphatic imine (C=N–C) groups is 2. The lowest BCUT2D eigenvalue weighted by Crippen LogP contribution is -2.36. The molecule has 0 radical (unpaired) electrons. The van der Waals surface area contributed by atoms with Crippen molar-refractivity contribution in [2.75, 3.05) is 31.6 Å². The molecule has 0 fully saturated rings. The number of aromatic nitrogens is 1. The first kappa shape index (κ1) is 26.1. The Bertz CT molecular complexity index is 1480. The maximum Gasteiger partial charge on any atom is 0.132 e. The molecule has 0 aliphatic carbocycles. The van der Waals surface area contributed by atoms with Crippen molar-refractivity contribution in [2.24, 2.45) is 15.9 Å². The molecular formula is C30H31ClN6OS. The van der Waals surface area contributed by atoms with Gasteiger partial charge in [-0.1, -0.05) is 54.1 Å². The molecule has 0 saturated heterocycles. The normalized spacial score (nSPS) is 19.8. The van der Waals surface area contributed by atoms with Gasteiger partial charge in [-0.05, 0) is 29.7 Å². The van der Waals surface area contributed by atoms with Crippen molar-refractivity contribution in [3.05, 3.63) is 81.5 Å². The maximum absolute atomic E-state index is 9.02. The molecule has 7 nitrogen and oxygen atoms in total. The monoisotopic (exact) mass is 558 g/mol. The minimum Gasteiger partial charge on any atom is -0.395 e. The molecule has 3 aliphatic heterocycles. The number of aliphatic hydroxyl groups is 1. The largest absolute Gasteiger partial charge is 0.395 e. The van der Waals surface area contributed by atoms with E-state index >= 15 is 0 Å². The van der Waals surface area contributed by atoms with Crippen LogP contribution in [-0.2, 0) is 13.0 Å². The van der Waals surface area contributed by atoms with Gasteiger partial charge in [0.15, 0.2) is 0 Å². The summed E-state index contributed by atoms with van der Waals surface area (Å²) in [6, 6.07) is 12.3. The summed E-state index contributed by atoms with van der Waals surface area (Å²) in [6.07, 6.45) is 8.97. The Balaban J connectivity index is 1.25. The first-order valence-electron chi connectivity index (χ1n) is 13.3. The Morgan fingerprint density at radius 2 is 2.00 bits per heavy atom. The minimum absolute atomic E-state index is 0.112. The first-order chi connectivity index (χ1) is 19.1. The van der Waals surface area contributed by atoms with Crippen molar-refractivity contribution < 1.29 is 5.11 Å². The third-order valence-corrected chi connectivity index (χ3v) is 8.85. The van der Waals surface area contributed by atoms with E-state index < -0.39 is 0 Å². The van der Waals surface area contributed by atoms with Crippen molar-refractivity contribution >= 4 is 40.7 Å². The van der Waals surface area contributed by atoms with Gasteiger partial charge in [0.2, 0.25) is 0 Å². The van der Waals surface area contributed by atoms with Gasteiger partial charge in [-0.15, -0.1) is 11.3 Å². The summed E-state index contributed by atoms with van der Waals surface area (Å²) < 4.78 is 0. The highest BCUT2D eigenvalue weighted by molar-refractivity contribution is 7.15. The van der Waals surface area contributed by atoms with E-state index in [2.05, 4.69) is 64.3 Å². The molecule has 1 aromatic heterocycles. The number of aliphatic hydroxyl groups excluding tert-OH is 1. The summed E-state index contributed by atoms with van der Waals surface area (Å²) >= 11 is 8.83. The summed E-state index contributed by atoms with van der Waals surface area (Å²) in [5.41, 5.74) is 7.50. The van der Waals surface area contributed by atoms with E-state index in [0.717, 1.165) is 63.9 Å². The molecule has 4 N–H and O–H groups in total. The Labute approximate surface area is 237 Å². The van der Waals surface area contributed by atoms with Crippen LogP contribution in [-0.4, -0.2) is 54.4 Å². The van der Waals surface area contributed by atoms with Crippen molar-refractivity contribution in [3.63, 3.8) is 0 Å². The number of amidine groups is 1. The molecule has 2 atom stereocenters. The Hall–Kier alpha value is -3.14. The molecule has 2 unspecified atom stereocenters. The van der Waals surface area contributed by atoms with E-state index in [-0.39, 0.29) is 18.6 Å². The predicted molar refractivity (Wildman–Crippen MR) is 162 cm³/mol. The van der Waals surface area contributed by atoms with Gasteiger partial charge in [-0.25, -0.2) is 9.98 Å². The minimum atomic E-state index is -0.133. The van der Waals surface area contributed by atoms with Crippen molar-refractivity contribution in [2.45, 2.75) is 25.9 Å². The van der Waals surface area contributed by atoms with Crippen LogP contribution in [0.25, 0.3) is 21.7 Å². The van der Waals surface area contributed by atoms with Gasteiger partial charge in [-0.3, -0.25) is 4.99 Å². The lowest BCUT2D eigenvalue weighted by Gasteiger charge is -2.28. The van der Waals surface area contributed by atoms with Crippen molar-refractivity contribution in [3.8, 4) is 21.7 Å². The average Bonchev–Trinajstić information content (AvgIpc) is 3.39. The third-order valence-electron chi connectivity index (χ3n) is 7.31. The number of dihydropyridines is 1. The molecule has 0 saturated carbocycles. The molecule has 0 bridgehead atoms. The highest BCUT2D eigenvalue weighted by atomic mass is 35.5. The van der Waals surface area contributed by atoms with Gasteiger partial charge in [0.05, 0.1) is 23.0 Å². The van der Waals surface area contributed by atoms with E-state index in [1.54, 1.807) is 11.3 Å². The second kappa shape index (κ2) is 11.5. The standard InChI is InChI=1S/C30H31ClN6OS/c1-18-21(4-2-5-22(18)30-37-24-9-10-32-17-26(24)39-30)23-6-3-7-25(27(23)31)36-29-28-20(8-11-34-29)14-19(16-35-28)15-33-12-13-38/h2-8,11,14,16,20,28,32-33,38H,9-10,12-13,15,17H2,1H3,(H,34,36). The predicted octanol–water partition coefficient (Wildman–Crippen LogP) is 5.00. The molecule has 4 heterocycles. The molecule has 6 rings (SSSR count). The lowest BCUT2D eigenvalue weighted by atomic mass is 9.92. The van der Waals surface area contributed by atoms with Crippen molar-refractivity contribution in [1.82, 2.24) is 15.6 Å². The molecule has 0 spiro atoms. The van der Waals surface area contributed by atoms with Crippen LogP contribution in [0.5, 0.6) is 0 Å². The average molecular weight is 559 g/mol. The van der Waals surface area contributed by atoms with E-state index in [0.29, 0.717) is 18.1 Å². The highest BCUT2D eigenvalue weighted by Crippen LogP contribution is 2.40. The number of hydrogen-bond donors (Lipinski definition) is 4. The number of nitrogens with zero attached hydrogens (tertiary/aromatic N) is 3. The second-order valence-corrected chi connectivity index (χ2v) is 11.3. The van der Waals surface area contributed by atoms with E-state index in [1.807, 2.05) is 24.5 Å². The fraction of sp³-hybridized carbons (Fsp3) is 0.300. The molecule has 3 aromatic rings. The lowest BCUT2D eigenvalue weighted by molar-refractivity contribution is 0.294. The van der Waals surface area contributed by atoms with Gasteiger partial charge >= 0.3 is 0 Å². The molecule has 200 valence electrons. The molecule has 9 heteroatoms. The zero-order valence-corrected chi connectivity index (χ0v) is 23.3. The molecular weight excluding hydrogens is 528 g/mol. The van der Waals surface area contributed by atoms with Crippen LogP contribution in [0.2, 0.25) is 5.02 Å². The fourth-order valence-electron chi connectivity index (χ4n) is 5.27. The molecule has 39 heavy (non-hydrogen) atoms. The number of nitrogens with one attached hydrogen (secondary N) is 3. The van der Waals surface area contributed by atoms with Crippen molar-refractivity contribution in [1.29, 1.82) is 0 Å². The summed E-state index contributed by atoms with van der Waals surface area (Å²) in [5.74, 6) is 0.880. The Kier molecular flexibility index (Phi) is 7.72. The number of hydrogen-bond acceptors (Lipinski definition) is 8. The first-order valence-corrected chi connectivity index (χ1v) is 14.5. The van der Waals surface area contributed by atoms with Crippen LogP contribution in [0, 0.1) is 12.8 Å². The van der Waals surface area contributed by atoms with Crippen LogP contribution in [0.15, 0.2) is 70.3 Å². The van der Waals surface area contributed by atoms with Gasteiger partial charge in [0.25, 0.3) is 0 Å². The van der Waals surface area contributed by atoms with Gasteiger partial charge in [-0.2, -0.15) is 0 Å². The van der Waals surface area contributed by atoms with E-state index in [4.69, 9.17) is 26.7 Å².